The molecule has 1 aromatic heterocycles. The molecule has 0 radical (unpaired) electrons. The maximum absolute atomic E-state index is 12.5. The molecule has 0 N–H and O–H groups in total. The van der Waals surface area contributed by atoms with Crippen molar-refractivity contribution >= 4 is 45.6 Å². The highest BCUT2D eigenvalue weighted by Gasteiger charge is 2.38. The Labute approximate surface area is 150 Å². The summed E-state index contributed by atoms with van der Waals surface area (Å²) in [5.74, 6) is -2.40. The van der Waals surface area contributed by atoms with Crippen LogP contribution in [-0.4, -0.2) is 17.3 Å². The Morgan fingerprint density at radius 2 is 1.79 bits per heavy atom. The van der Waals surface area contributed by atoms with Crippen molar-refractivity contribution in [2.45, 2.75) is 20.8 Å². The van der Waals surface area contributed by atoms with E-state index in [0.717, 1.165) is 6.26 Å². The van der Waals surface area contributed by atoms with Crippen molar-refractivity contribution in [1.29, 1.82) is 0 Å². The molecule has 4 nitrogen and oxygen atoms in total. The van der Waals surface area contributed by atoms with Gasteiger partial charge in [0.25, 0.3) is 0 Å². The fourth-order valence-electron chi connectivity index (χ4n) is 1.95. The van der Waals surface area contributed by atoms with Crippen LogP contribution in [0.15, 0.2) is 52.2 Å². The molecule has 0 bridgehead atoms. The largest absolute Gasteiger partial charge is 0.462 e. The Kier molecular flexibility index (Phi) is 7.14. The molecule has 1 heterocycles. The molecular weight excluding hydrogens is 351 g/mol. The SMILES string of the molecule is C=C/C=C\C(=C/C)C(=O)c1coc2c1C(=O)C(=O)C(Cl)=C2Cl.CC. The minimum absolute atomic E-state index is 0.0301. The number of carbonyl (C=O) groups excluding carboxylic acids is 3. The maximum Gasteiger partial charge on any atom is 0.246 e. The number of hydrogen-bond donors (Lipinski definition) is 0. The average molecular weight is 367 g/mol. The van der Waals surface area contributed by atoms with Crippen molar-refractivity contribution in [2.24, 2.45) is 0 Å². The van der Waals surface area contributed by atoms with E-state index in [1.165, 1.54) is 12.2 Å². The number of Topliss-reactive ketones (excluding diaryl/α,β-unsaturated/α-hetero) is 3. The van der Waals surface area contributed by atoms with Crippen LogP contribution in [-0.2, 0) is 4.79 Å². The van der Waals surface area contributed by atoms with Gasteiger partial charge in [0.05, 0.1) is 11.1 Å². The van der Waals surface area contributed by atoms with E-state index >= 15 is 0 Å². The summed E-state index contributed by atoms with van der Waals surface area (Å²) in [4.78, 5) is 36.3. The molecule has 2 rings (SSSR count). The van der Waals surface area contributed by atoms with E-state index in [1.54, 1.807) is 19.1 Å². The first-order valence-electron chi connectivity index (χ1n) is 7.20. The number of hydrogen-bond acceptors (Lipinski definition) is 4. The lowest BCUT2D eigenvalue weighted by Crippen LogP contribution is -2.22. The zero-order chi connectivity index (χ0) is 18.4. The van der Waals surface area contributed by atoms with E-state index in [1.807, 2.05) is 13.8 Å². The summed E-state index contributed by atoms with van der Waals surface area (Å²) in [6.45, 7) is 9.19. The first kappa shape index (κ1) is 19.9. The number of fused-ring (bicyclic) bond motifs is 1. The molecule has 0 aromatic carbocycles. The van der Waals surface area contributed by atoms with Gasteiger partial charge in [0.1, 0.15) is 16.3 Å². The Bertz CT molecular complexity index is 792. The van der Waals surface area contributed by atoms with E-state index in [4.69, 9.17) is 27.6 Å². The van der Waals surface area contributed by atoms with Gasteiger partial charge >= 0.3 is 0 Å². The molecule has 0 atom stereocenters. The average Bonchev–Trinajstić information content (AvgIpc) is 3.05. The van der Waals surface area contributed by atoms with E-state index in [9.17, 15) is 14.4 Å². The van der Waals surface area contributed by atoms with Gasteiger partial charge < -0.3 is 4.42 Å². The van der Waals surface area contributed by atoms with E-state index < -0.39 is 22.4 Å². The van der Waals surface area contributed by atoms with Gasteiger partial charge in [-0.25, -0.2) is 0 Å². The number of furan rings is 1. The van der Waals surface area contributed by atoms with Gasteiger partial charge in [-0.3, -0.25) is 14.4 Å². The molecule has 6 heteroatoms. The van der Waals surface area contributed by atoms with Crippen LogP contribution in [0.4, 0.5) is 0 Å². The minimum Gasteiger partial charge on any atom is -0.462 e. The topological polar surface area (TPSA) is 64.3 Å². The van der Waals surface area contributed by atoms with Crippen LogP contribution in [0.25, 0.3) is 5.03 Å². The fraction of sp³-hybridized carbons (Fsp3) is 0.167. The van der Waals surface area contributed by atoms with E-state index in [-0.39, 0.29) is 21.9 Å². The molecule has 1 aliphatic carbocycles. The highest BCUT2D eigenvalue weighted by atomic mass is 35.5. The van der Waals surface area contributed by atoms with Gasteiger partial charge in [0.15, 0.2) is 11.5 Å². The predicted octanol–water partition coefficient (Wildman–Crippen LogP) is 5.09. The minimum atomic E-state index is -0.960. The summed E-state index contributed by atoms with van der Waals surface area (Å²) < 4.78 is 5.17. The molecule has 1 aromatic rings. The van der Waals surface area contributed by atoms with Crippen molar-refractivity contribution in [2.75, 3.05) is 0 Å². The van der Waals surface area contributed by atoms with Crippen LogP contribution in [0.5, 0.6) is 0 Å². The summed E-state index contributed by atoms with van der Waals surface area (Å²) in [5.41, 5.74) is 0.133. The Hall–Kier alpha value is -2.17. The second kappa shape index (κ2) is 8.62. The lowest BCUT2D eigenvalue weighted by atomic mass is 9.93. The summed E-state index contributed by atoms with van der Waals surface area (Å²) in [6.07, 6.45) is 7.29. The lowest BCUT2D eigenvalue weighted by Gasteiger charge is -2.10. The van der Waals surface area contributed by atoms with Crippen LogP contribution < -0.4 is 0 Å². The molecular formula is C18H16Cl2O4. The maximum atomic E-state index is 12.5. The highest BCUT2D eigenvalue weighted by Crippen LogP contribution is 2.37. The molecule has 0 fully saturated rings. The second-order valence-corrected chi connectivity index (χ2v) is 5.06. The Morgan fingerprint density at radius 1 is 1.17 bits per heavy atom. The third kappa shape index (κ3) is 3.50. The molecule has 0 saturated heterocycles. The molecule has 0 saturated carbocycles. The summed E-state index contributed by atoms with van der Waals surface area (Å²) in [7, 11) is 0. The van der Waals surface area contributed by atoms with Crippen molar-refractivity contribution in [3.8, 4) is 0 Å². The number of ketones is 3. The molecule has 24 heavy (non-hydrogen) atoms. The van der Waals surface area contributed by atoms with Crippen molar-refractivity contribution in [1.82, 2.24) is 0 Å². The first-order chi connectivity index (χ1) is 11.4. The highest BCUT2D eigenvalue weighted by molar-refractivity contribution is 6.71. The molecule has 0 spiro atoms. The van der Waals surface area contributed by atoms with E-state index in [0.29, 0.717) is 5.57 Å². The van der Waals surface area contributed by atoms with Gasteiger partial charge in [-0.2, -0.15) is 0 Å². The van der Waals surface area contributed by atoms with Gasteiger partial charge in [-0.05, 0) is 6.92 Å². The Balaban J connectivity index is 0.00000139. The quantitative estimate of drug-likeness (QED) is 0.322. The first-order valence-corrected chi connectivity index (χ1v) is 7.95. The van der Waals surface area contributed by atoms with Crippen LogP contribution in [0.3, 0.4) is 0 Å². The predicted molar refractivity (Wildman–Crippen MR) is 95.4 cm³/mol. The van der Waals surface area contributed by atoms with Crippen LogP contribution in [0, 0.1) is 0 Å². The molecule has 126 valence electrons. The lowest BCUT2D eigenvalue weighted by molar-refractivity contribution is -0.111. The fourth-order valence-corrected chi connectivity index (χ4v) is 2.35. The number of halogens is 2. The monoisotopic (exact) mass is 366 g/mol. The van der Waals surface area contributed by atoms with Gasteiger partial charge in [-0.15, -0.1) is 0 Å². The van der Waals surface area contributed by atoms with Crippen molar-refractivity contribution in [3.05, 3.63) is 64.6 Å². The van der Waals surface area contributed by atoms with Crippen molar-refractivity contribution in [3.63, 3.8) is 0 Å². The van der Waals surface area contributed by atoms with Gasteiger partial charge in [-0.1, -0.05) is 67.9 Å². The van der Waals surface area contributed by atoms with Gasteiger partial charge in [0, 0.05) is 5.57 Å². The summed E-state index contributed by atoms with van der Waals surface area (Å²) >= 11 is 11.6. The van der Waals surface area contributed by atoms with Gasteiger partial charge in [0.2, 0.25) is 11.6 Å². The molecule has 0 amide bonds. The summed E-state index contributed by atoms with van der Waals surface area (Å²) in [6, 6.07) is 0. The number of carbonyl (C=O) groups is 3. The molecule has 0 aliphatic heterocycles. The number of rotatable bonds is 4. The smallest absolute Gasteiger partial charge is 0.246 e. The zero-order valence-electron chi connectivity index (χ0n) is 13.5. The second-order valence-electron chi connectivity index (χ2n) is 4.31. The summed E-state index contributed by atoms with van der Waals surface area (Å²) in [5, 5.41) is -0.589. The van der Waals surface area contributed by atoms with E-state index in [2.05, 4.69) is 6.58 Å². The normalized spacial score (nSPS) is 14.5. The Morgan fingerprint density at radius 3 is 2.33 bits per heavy atom. The number of allylic oxidation sites excluding steroid dienone is 6. The standard InChI is InChI=1S/C16H10Cl2O4.C2H6/c1-3-5-6-8(4-2)13(19)9-7-22-16-10(9)14(20)15(21)11(17)12(16)18;1-2/h3-7H,1H2,2H3;1-2H3/b6-5-,8-4+;. The van der Waals surface area contributed by atoms with Crippen LogP contribution in [0.1, 0.15) is 47.2 Å². The third-order valence-corrected chi connectivity index (χ3v) is 3.86. The van der Waals surface area contributed by atoms with Crippen LogP contribution in [0.2, 0.25) is 0 Å². The molecule has 1 aliphatic rings. The zero-order valence-corrected chi connectivity index (χ0v) is 15.0. The van der Waals surface area contributed by atoms with Crippen LogP contribution >= 0.6 is 23.2 Å². The molecule has 0 unspecified atom stereocenters. The van der Waals surface area contributed by atoms with Crippen molar-refractivity contribution < 1.29 is 18.8 Å². The third-order valence-electron chi connectivity index (χ3n) is 3.05.